The number of carbonyl (C=O) groups is 2. The fraction of sp³-hybridized carbons (Fsp3) is 0.652. The van der Waals surface area contributed by atoms with Gasteiger partial charge in [0, 0.05) is 38.2 Å². The molecule has 2 fully saturated rings. The average molecular weight is 435 g/mol. The number of Topliss-reactive ketones (excluding diaryl/α,β-unsaturated/α-hetero) is 1. The van der Waals surface area contributed by atoms with Gasteiger partial charge in [-0.25, -0.2) is 12.7 Å². The fourth-order valence-electron chi connectivity index (χ4n) is 4.87. The zero-order valence-corrected chi connectivity index (χ0v) is 19.0. The molecule has 0 bridgehead atoms. The van der Waals surface area contributed by atoms with Gasteiger partial charge in [-0.2, -0.15) is 0 Å². The van der Waals surface area contributed by atoms with Gasteiger partial charge in [0.25, 0.3) is 0 Å². The lowest BCUT2D eigenvalue weighted by Gasteiger charge is -2.34. The van der Waals surface area contributed by atoms with Gasteiger partial charge >= 0.3 is 0 Å². The van der Waals surface area contributed by atoms with Gasteiger partial charge in [-0.05, 0) is 57.1 Å². The van der Waals surface area contributed by atoms with Gasteiger partial charge < -0.3 is 4.90 Å². The largest absolute Gasteiger partial charge is 0.339 e. The van der Waals surface area contributed by atoms with Crippen LogP contribution in [0.15, 0.2) is 29.2 Å². The van der Waals surface area contributed by atoms with Crippen molar-refractivity contribution in [2.75, 3.05) is 20.1 Å². The lowest BCUT2D eigenvalue weighted by Crippen LogP contribution is -2.41. The summed E-state index contributed by atoms with van der Waals surface area (Å²) < 4.78 is 26.8. The topological polar surface area (TPSA) is 74.8 Å². The minimum atomic E-state index is -3.63. The highest BCUT2D eigenvalue weighted by molar-refractivity contribution is 7.89. The highest BCUT2D eigenvalue weighted by atomic mass is 32.2. The molecule has 1 saturated heterocycles. The number of likely N-dealkylation sites (tertiary alicyclic amines) is 1. The van der Waals surface area contributed by atoms with Crippen LogP contribution in [-0.4, -0.2) is 55.5 Å². The number of ketones is 1. The number of amides is 1. The molecule has 7 heteroatoms. The second kappa shape index (κ2) is 10.1. The van der Waals surface area contributed by atoms with Crippen molar-refractivity contribution in [3.8, 4) is 0 Å². The van der Waals surface area contributed by atoms with Crippen LogP contribution >= 0.6 is 0 Å². The van der Waals surface area contributed by atoms with E-state index in [9.17, 15) is 18.0 Å². The summed E-state index contributed by atoms with van der Waals surface area (Å²) >= 11 is 0. The Bertz CT molecular complexity index is 844. The van der Waals surface area contributed by atoms with Gasteiger partial charge in [-0.15, -0.1) is 0 Å². The lowest BCUT2D eigenvalue weighted by molar-refractivity contribution is -0.133. The summed E-state index contributed by atoms with van der Waals surface area (Å²) in [6, 6.07) is 6.38. The molecule has 0 N–H and O–H groups in total. The molecule has 1 amide bonds. The van der Waals surface area contributed by atoms with Gasteiger partial charge in [-0.1, -0.05) is 31.4 Å². The zero-order valence-electron chi connectivity index (χ0n) is 18.2. The van der Waals surface area contributed by atoms with Gasteiger partial charge in [0.15, 0.2) is 5.78 Å². The number of nitrogens with zero attached hydrogens (tertiary/aromatic N) is 2. The Morgan fingerprint density at radius 2 is 1.70 bits per heavy atom. The van der Waals surface area contributed by atoms with Crippen LogP contribution in [0.3, 0.4) is 0 Å². The molecule has 6 nitrogen and oxygen atoms in total. The summed E-state index contributed by atoms with van der Waals surface area (Å²) in [6.45, 7) is 2.59. The van der Waals surface area contributed by atoms with E-state index in [-0.39, 0.29) is 16.6 Å². The van der Waals surface area contributed by atoms with E-state index in [1.165, 1.54) is 67.6 Å². The molecule has 1 aromatic rings. The minimum absolute atomic E-state index is 0.0979. The molecule has 1 aliphatic heterocycles. The predicted molar refractivity (Wildman–Crippen MR) is 117 cm³/mol. The van der Waals surface area contributed by atoms with Gasteiger partial charge in [0.05, 0.1) is 4.90 Å². The highest BCUT2D eigenvalue weighted by Gasteiger charge is 2.34. The van der Waals surface area contributed by atoms with E-state index >= 15 is 0 Å². The summed E-state index contributed by atoms with van der Waals surface area (Å²) in [5, 5.41) is 0. The number of carbonyl (C=O) groups excluding carboxylic acids is 2. The Morgan fingerprint density at radius 3 is 2.33 bits per heavy atom. The van der Waals surface area contributed by atoms with E-state index in [2.05, 4.69) is 4.90 Å². The first-order chi connectivity index (χ1) is 14.3. The maximum absolute atomic E-state index is 12.8. The molecule has 1 aliphatic carbocycles. The standard InChI is InChI=1S/C23H34N2O4S/c1-18(26)19-12-14-21(15-13-19)30(28,29)24(2)16-7-11-23(27)25-17-6-10-22(25)20-8-4-3-5-9-20/h12-15,20,22H,3-11,16-17H2,1-2H3. The molecule has 1 heterocycles. The predicted octanol–water partition coefficient (Wildman–Crippen LogP) is 3.86. The van der Waals surface area contributed by atoms with Gasteiger partial charge in [-0.3, -0.25) is 9.59 Å². The number of hydrogen-bond donors (Lipinski definition) is 0. The van der Waals surface area contributed by atoms with Crippen molar-refractivity contribution in [1.29, 1.82) is 0 Å². The first kappa shape index (κ1) is 22.9. The van der Waals surface area contributed by atoms with Crippen molar-refractivity contribution >= 4 is 21.7 Å². The van der Waals surface area contributed by atoms with Crippen LogP contribution in [0.1, 0.15) is 75.1 Å². The maximum atomic E-state index is 12.8. The van der Waals surface area contributed by atoms with Crippen molar-refractivity contribution in [3.63, 3.8) is 0 Å². The monoisotopic (exact) mass is 434 g/mol. The molecular weight excluding hydrogens is 400 g/mol. The normalized spacial score (nSPS) is 20.6. The molecule has 2 aliphatic rings. The molecule has 0 aromatic heterocycles. The lowest BCUT2D eigenvalue weighted by atomic mass is 9.83. The Morgan fingerprint density at radius 1 is 1.03 bits per heavy atom. The minimum Gasteiger partial charge on any atom is -0.339 e. The first-order valence-electron chi connectivity index (χ1n) is 11.2. The van der Waals surface area contributed by atoms with Crippen LogP contribution in [0, 0.1) is 5.92 Å². The van der Waals surface area contributed by atoms with Crippen LogP contribution < -0.4 is 0 Å². The third-order valence-electron chi connectivity index (χ3n) is 6.65. The smallest absolute Gasteiger partial charge is 0.242 e. The molecule has 1 saturated carbocycles. The molecule has 0 spiro atoms. The zero-order chi connectivity index (χ0) is 21.7. The molecule has 1 aromatic carbocycles. The highest BCUT2D eigenvalue weighted by Crippen LogP contribution is 2.34. The Balaban J connectivity index is 1.52. The van der Waals surface area contributed by atoms with Crippen molar-refractivity contribution in [1.82, 2.24) is 9.21 Å². The van der Waals surface area contributed by atoms with Crippen molar-refractivity contribution in [2.45, 2.75) is 75.6 Å². The van der Waals surface area contributed by atoms with Crippen LogP contribution in [0.25, 0.3) is 0 Å². The van der Waals surface area contributed by atoms with E-state index in [1.807, 2.05) is 0 Å². The molecule has 0 radical (unpaired) electrons. The Kier molecular flexibility index (Phi) is 7.69. The third-order valence-corrected chi connectivity index (χ3v) is 8.52. The molecule has 166 valence electrons. The van der Waals surface area contributed by atoms with Crippen molar-refractivity contribution in [3.05, 3.63) is 29.8 Å². The summed E-state index contributed by atoms with van der Waals surface area (Å²) in [7, 11) is -2.09. The fourth-order valence-corrected chi connectivity index (χ4v) is 6.08. The second-order valence-corrected chi connectivity index (χ2v) is 10.8. The van der Waals surface area contributed by atoms with E-state index in [0.717, 1.165) is 19.4 Å². The van der Waals surface area contributed by atoms with E-state index < -0.39 is 10.0 Å². The maximum Gasteiger partial charge on any atom is 0.242 e. The summed E-state index contributed by atoms with van der Waals surface area (Å²) in [4.78, 5) is 26.4. The van der Waals surface area contributed by atoms with Crippen LogP contribution in [0.5, 0.6) is 0 Å². The number of benzene rings is 1. The number of sulfonamides is 1. The Hall–Kier alpha value is -1.73. The van der Waals surface area contributed by atoms with Crippen LogP contribution in [0.4, 0.5) is 0 Å². The summed E-state index contributed by atoms with van der Waals surface area (Å²) in [5.74, 6) is 0.713. The second-order valence-electron chi connectivity index (χ2n) is 8.71. The van der Waals surface area contributed by atoms with Gasteiger partial charge in [0.2, 0.25) is 15.9 Å². The molecule has 30 heavy (non-hydrogen) atoms. The number of hydrogen-bond acceptors (Lipinski definition) is 4. The van der Waals surface area contributed by atoms with E-state index in [0.29, 0.717) is 36.9 Å². The van der Waals surface area contributed by atoms with Crippen LogP contribution in [-0.2, 0) is 14.8 Å². The van der Waals surface area contributed by atoms with E-state index in [4.69, 9.17) is 0 Å². The summed E-state index contributed by atoms with van der Waals surface area (Å²) in [6.07, 6.45) is 9.42. The van der Waals surface area contributed by atoms with E-state index in [1.54, 1.807) is 7.05 Å². The first-order valence-corrected chi connectivity index (χ1v) is 12.6. The molecule has 1 unspecified atom stereocenters. The molecule has 3 rings (SSSR count). The summed E-state index contributed by atoms with van der Waals surface area (Å²) in [5.41, 5.74) is 0.486. The van der Waals surface area contributed by atoms with Crippen molar-refractivity contribution < 1.29 is 18.0 Å². The SMILES string of the molecule is CC(=O)c1ccc(S(=O)(=O)N(C)CCCC(=O)N2CCCC2C2CCCCC2)cc1. The van der Waals surface area contributed by atoms with Crippen LogP contribution in [0.2, 0.25) is 0 Å². The third kappa shape index (κ3) is 5.30. The molecular formula is C23H34N2O4S. The van der Waals surface area contributed by atoms with Gasteiger partial charge in [0.1, 0.15) is 0 Å². The average Bonchev–Trinajstić information content (AvgIpc) is 3.24. The Labute approximate surface area is 180 Å². The molecule has 1 atom stereocenters. The van der Waals surface area contributed by atoms with Crippen molar-refractivity contribution in [2.24, 2.45) is 5.92 Å². The number of rotatable bonds is 8. The quantitative estimate of drug-likeness (QED) is 0.582.